The molecule has 2 unspecified atom stereocenters. The minimum absolute atomic E-state index is 0.410. The van der Waals surface area contributed by atoms with Crippen molar-refractivity contribution in [1.82, 2.24) is 0 Å². The first-order valence-corrected chi connectivity index (χ1v) is 5.89. The number of hydrogen-bond acceptors (Lipinski definition) is 2. The first-order chi connectivity index (χ1) is 6.68. The van der Waals surface area contributed by atoms with Crippen molar-refractivity contribution in [2.75, 3.05) is 0 Å². The van der Waals surface area contributed by atoms with Crippen LogP contribution in [0.3, 0.4) is 0 Å². The average Bonchev–Trinajstić information content (AvgIpc) is 2.32. The number of carbonyl (C=O) groups is 1. The van der Waals surface area contributed by atoms with Gasteiger partial charge in [-0.15, -0.1) is 0 Å². The van der Waals surface area contributed by atoms with Crippen LogP contribution in [0.5, 0.6) is 0 Å². The zero-order valence-electron chi connectivity index (χ0n) is 8.50. The Morgan fingerprint density at radius 3 is 2.00 bits per heavy atom. The van der Waals surface area contributed by atoms with Gasteiger partial charge in [0.15, 0.2) is 0 Å². The molecular weight excluding hydrogens is 176 g/mol. The number of fused-ring (bicyclic) bond motifs is 1. The van der Waals surface area contributed by atoms with Crippen LogP contribution in [0.1, 0.15) is 44.9 Å². The van der Waals surface area contributed by atoms with Crippen LogP contribution in [-0.4, -0.2) is 5.97 Å². The van der Waals surface area contributed by atoms with Gasteiger partial charge in [-0.2, -0.15) is 0 Å². The van der Waals surface area contributed by atoms with Crippen molar-refractivity contribution in [3.8, 4) is 0 Å². The number of rotatable bonds is 1. The molecule has 14 heavy (non-hydrogen) atoms. The van der Waals surface area contributed by atoms with Crippen molar-refractivity contribution in [3.63, 3.8) is 0 Å². The molecule has 4 fully saturated rings. The lowest BCUT2D eigenvalue weighted by molar-refractivity contribution is -0.324. The number of carbonyl (C=O) groups excluding carboxylic acids is 1. The molecule has 2 heteroatoms. The molecule has 0 radical (unpaired) electrons. The van der Waals surface area contributed by atoms with E-state index in [9.17, 15) is 9.90 Å². The summed E-state index contributed by atoms with van der Waals surface area (Å²) >= 11 is 0. The molecule has 2 nitrogen and oxygen atoms in total. The second-order valence-electron chi connectivity index (χ2n) is 5.83. The van der Waals surface area contributed by atoms with Crippen LogP contribution >= 0.6 is 0 Å². The minimum atomic E-state index is -0.751. The summed E-state index contributed by atoms with van der Waals surface area (Å²) in [6.45, 7) is 0. The van der Waals surface area contributed by atoms with Gasteiger partial charge >= 0.3 is 0 Å². The lowest BCUT2D eigenvalue weighted by Crippen LogP contribution is -2.49. The second-order valence-corrected chi connectivity index (χ2v) is 5.83. The molecule has 0 amide bonds. The molecule has 0 N–H and O–H groups in total. The Morgan fingerprint density at radius 1 is 1.00 bits per heavy atom. The van der Waals surface area contributed by atoms with Gasteiger partial charge in [-0.1, -0.05) is 12.8 Å². The highest BCUT2D eigenvalue weighted by atomic mass is 16.4. The molecule has 0 aromatic carbocycles. The zero-order chi connectivity index (χ0) is 9.76. The SMILES string of the molecule is O=C([O-])C12CC3CCC(CC(C3)C1)C2. The van der Waals surface area contributed by atoms with Crippen molar-refractivity contribution in [2.45, 2.75) is 44.9 Å². The predicted molar refractivity (Wildman–Crippen MR) is 50.2 cm³/mol. The number of aliphatic carboxylic acids is 1. The van der Waals surface area contributed by atoms with Crippen molar-refractivity contribution < 1.29 is 9.90 Å². The van der Waals surface area contributed by atoms with Crippen LogP contribution < -0.4 is 5.11 Å². The zero-order valence-corrected chi connectivity index (χ0v) is 8.50. The maximum Gasteiger partial charge on any atom is 0.0476 e. The topological polar surface area (TPSA) is 40.1 Å². The number of carboxylic acid groups (broad SMARTS) is 1. The smallest absolute Gasteiger partial charge is 0.0476 e. The lowest BCUT2D eigenvalue weighted by atomic mass is 9.58. The van der Waals surface area contributed by atoms with Crippen LogP contribution in [0, 0.1) is 23.2 Å². The first kappa shape index (κ1) is 8.75. The van der Waals surface area contributed by atoms with Crippen molar-refractivity contribution in [1.29, 1.82) is 0 Å². The first-order valence-electron chi connectivity index (χ1n) is 5.89. The van der Waals surface area contributed by atoms with Crippen molar-refractivity contribution in [2.24, 2.45) is 23.2 Å². The highest BCUT2D eigenvalue weighted by molar-refractivity contribution is 5.73. The van der Waals surface area contributed by atoms with E-state index in [0.29, 0.717) is 17.8 Å². The third-order valence-electron chi connectivity index (χ3n) is 4.79. The van der Waals surface area contributed by atoms with E-state index < -0.39 is 11.4 Å². The molecule has 0 heterocycles. The molecule has 0 aromatic rings. The van der Waals surface area contributed by atoms with Gasteiger partial charge in [0.25, 0.3) is 0 Å². The van der Waals surface area contributed by atoms with Gasteiger partial charge in [0.2, 0.25) is 0 Å². The molecular formula is C12H17O2-. The van der Waals surface area contributed by atoms with E-state index >= 15 is 0 Å². The van der Waals surface area contributed by atoms with E-state index in [1.807, 2.05) is 0 Å². The molecule has 0 spiro atoms. The standard InChI is InChI=1S/C12H18O2/c13-11(14)12-5-8-1-2-9(6-12)4-10(3-8)7-12/h8-10H,1-7H2,(H,13,14)/p-1. The molecule has 4 rings (SSSR count). The molecule has 78 valence electrons. The van der Waals surface area contributed by atoms with Gasteiger partial charge in [0, 0.05) is 11.4 Å². The van der Waals surface area contributed by atoms with Crippen molar-refractivity contribution in [3.05, 3.63) is 0 Å². The van der Waals surface area contributed by atoms with Gasteiger partial charge in [0.05, 0.1) is 0 Å². The largest absolute Gasteiger partial charge is 0.550 e. The molecule has 0 saturated heterocycles. The second kappa shape index (κ2) is 2.74. The summed E-state index contributed by atoms with van der Waals surface area (Å²) in [7, 11) is 0. The summed E-state index contributed by atoms with van der Waals surface area (Å²) in [6, 6.07) is 0. The Kier molecular flexibility index (Phi) is 1.71. The Labute approximate surface area is 84.7 Å². The minimum Gasteiger partial charge on any atom is -0.550 e. The molecule has 4 aliphatic rings. The van der Waals surface area contributed by atoms with E-state index in [-0.39, 0.29) is 0 Å². The Balaban J connectivity index is 1.97. The monoisotopic (exact) mass is 193 g/mol. The Bertz CT molecular complexity index is 255. The average molecular weight is 193 g/mol. The van der Waals surface area contributed by atoms with Crippen LogP contribution in [0.25, 0.3) is 0 Å². The quantitative estimate of drug-likeness (QED) is 0.630. The van der Waals surface area contributed by atoms with Crippen molar-refractivity contribution >= 4 is 5.97 Å². The summed E-state index contributed by atoms with van der Waals surface area (Å²) in [5, 5.41) is 11.3. The molecule has 4 aliphatic carbocycles. The van der Waals surface area contributed by atoms with Crippen LogP contribution in [-0.2, 0) is 4.79 Å². The maximum atomic E-state index is 11.3. The molecule has 4 bridgehead atoms. The van der Waals surface area contributed by atoms with Crippen LogP contribution in [0.2, 0.25) is 0 Å². The molecule has 0 aromatic heterocycles. The van der Waals surface area contributed by atoms with E-state index in [1.54, 1.807) is 0 Å². The fraction of sp³-hybridized carbons (Fsp3) is 0.917. The molecule has 2 atom stereocenters. The maximum absolute atomic E-state index is 11.3. The number of carboxylic acids is 1. The molecule has 4 saturated carbocycles. The third-order valence-corrected chi connectivity index (χ3v) is 4.79. The summed E-state index contributed by atoms with van der Waals surface area (Å²) < 4.78 is 0. The van der Waals surface area contributed by atoms with E-state index in [4.69, 9.17) is 0 Å². The van der Waals surface area contributed by atoms with E-state index in [0.717, 1.165) is 19.3 Å². The van der Waals surface area contributed by atoms with Gasteiger partial charge in [0.1, 0.15) is 0 Å². The van der Waals surface area contributed by atoms with Gasteiger partial charge in [-0.3, -0.25) is 0 Å². The van der Waals surface area contributed by atoms with Gasteiger partial charge < -0.3 is 9.90 Å². The Hall–Kier alpha value is -0.530. The van der Waals surface area contributed by atoms with E-state index in [2.05, 4.69) is 0 Å². The predicted octanol–water partition coefficient (Wildman–Crippen LogP) is 1.34. The third kappa shape index (κ3) is 1.12. The lowest BCUT2D eigenvalue weighted by Gasteiger charge is -2.48. The van der Waals surface area contributed by atoms with E-state index in [1.165, 1.54) is 25.7 Å². The molecule has 0 aliphatic heterocycles. The highest BCUT2D eigenvalue weighted by Crippen LogP contribution is 2.57. The normalized spacial score (nSPS) is 50.4. The Morgan fingerprint density at radius 2 is 1.50 bits per heavy atom. The number of hydrogen-bond donors (Lipinski definition) is 0. The van der Waals surface area contributed by atoms with Crippen LogP contribution in [0.15, 0.2) is 0 Å². The summed E-state index contributed by atoms with van der Waals surface area (Å²) in [5.41, 5.74) is -0.410. The fourth-order valence-corrected chi connectivity index (χ4v) is 4.44. The summed E-state index contributed by atoms with van der Waals surface area (Å²) in [5.74, 6) is 1.34. The summed E-state index contributed by atoms with van der Waals surface area (Å²) in [6.07, 6.45) is 7.90. The van der Waals surface area contributed by atoms with Crippen LogP contribution in [0.4, 0.5) is 0 Å². The van der Waals surface area contributed by atoms with Gasteiger partial charge in [-0.05, 0) is 49.9 Å². The summed E-state index contributed by atoms with van der Waals surface area (Å²) in [4.78, 5) is 11.3. The van der Waals surface area contributed by atoms with Gasteiger partial charge in [-0.25, -0.2) is 0 Å². The fourth-order valence-electron chi connectivity index (χ4n) is 4.44. The highest BCUT2D eigenvalue weighted by Gasteiger charge is 2.49.